The maximum Gasteiger partial charge on any atom is 0.253 e. The van der Waals surface area contributed by atoms with E-state index in [1.54, 1.807) is 0 Å². The van der Waals surface area contributed by atoms with Crippen LogP contribution in [0.15, 0.2) is 18.2 Å². The lowest BCUT2D eigenvalue weighted by Crippen LogP contribution is -2.38. The maximum absolute atomic E-state index is 12.6. The summed E-state index contributed by atoms with van der Waals surface area (Å²) >= 11 is 0. The summed E-state index contributed by atoms with van der Waals surface area (Å²) in [7, 11) is 0. The van der Waals surface area contributed by atoms with Gasteiger partial charge in [0.15, 0.2) is 0 Å². The number of benzene rings is 1. The highest BCUT2D eigenvalue weighted by Crippen LogP contribution is 2.20. The van der Waals surface area contributed by atoms with E-state index in [1.165, 1.54) is 0 Å². The molecule has 1 aromatic rings. The van der Waals surface area contributed by atoms with Crippen LogP contribution in [0.1, 0.15) is 42.6 Å². The van der Waals surface area contributed by atoms with Crippen LogP contribution < -0.4 is 10.6 Å². The first-order chi connectivity index (χ1) is 10.1. The van der Waals surface area contributed by atoms with Gasteiger partial charge in [0.2, 0.25) is 0 Å². The Kier molecular flexibility index (Phi) is 5.62. The Morgan fingerprint density at radius 1 is 1.48 bits per heavy atom. The van der Waals surface area contributed by atoms with Crippen LogP contribution in [0.5, 0.6) is 0 Å². The van der Waals surface area contributed by atoms with Crippen molar-refractivity contribution in [2.45, 2.75) is 39.7 Å². The second kappa shape index (κ2) is 7.46. The molecule has 21 heavy (non-hydrogen) atoms. The average Bonchev–Trinajstić information content (AvgIpc) is 3.00. The second-order valence-corrected chi connectivity index (χ2v) is 5.86. The van der Waals surface area contributed by atoms with Gasteiger partial charge in [0.25, 0.3) is 5.91 Å². The van der Waals surface area contributed by atoms with E-state index in [1.807, 2.05) is 25.1 Å². The van der Waals surface area contributed by atoms with Crippen molar-refractivity contribution in [2.24, 2.45) is 5.92 Å². The van der Waals surface area contributed by atoms with Gasteiger partial charge in [-0.05, 0) is 38.8 Å². The molecule has 1 aliphatic heterocycles. The molecule has 1 aromatic carbocycles. The average molecular weight is 290 g/mol. The SMILES string of the molecule is CCCNc1ccc(C)cc1C(=O)NC(C)C1CCOC1. The molecule has 1 saturated heterocycles. The summed E-state index contributed by atoms with van der Waals surface area (Å²) < 4.78 is 5.40. The van der Waals surface area contributed by atoms with Gasteiger partial charge in [0.1, 0.15) is 0 Å². The van der Waals surface area contributed by atoms with Crippen LogP contribution in [0.2, 0.25) is 0 Å². The Hall–Kier alpha value is -1.55. The number of aryl methyl sites for hydroxylation is 1. The van der Waals surface area contributed by atoms with Crippen molar-refractivity contribution in [3.63, 3.8) is 0 Å². The van der Waals surface area contributed by atoms with Gasteiger partial charge in [-0.15, -0.1) is 0 Å². The van der Waals surface area contributed by atoms with Gasteiger partial charge in [-0.25, -0.2) is 0 Å². The molecule has 2 rings (SSSR count). The van der Waals surface area contributed by atoms with E-state index >= 15 is 0 Å². The number of hydrogen-bond donors (Lipinski definition) is 2. The van der Waals surface area contributed by atoms with E-state index in [2.05, 4.69) is 24.5 Å². The first-order valence-corrected chi connectivity index (χ1v) is 7.85. The van der Waals surface area contributed by atoms with E-state index in [0.717, 1.165) is 49.4 Å². The maximum atomic E-state index is 12.6. The third kappa shape index (κ3) is 4.21. The fourth-order valence-corrected chi connectivity index (χ4v) is 2.61. The molecule has 4 nitrogen and oxygen atoms in total. The van der Waals surface area contributed by atoms with Crippen molar-refractivity contribution >= 4 is 11.6 Å². The summed E-state index contributed by atoms with van der Waals surface area (Å²) in [5, 5.41) is 6.45. The number of nitrogens with one attached hydrogen (secondary N) is 2. The third-order valence-corrected chi connectivity index (χ3v) is 4.02. The predicted octanol–water partition coefficient (Wildman–Crippen LogP) is 2.97. The van der Waals surface area contributed by atoms with E-state index in [0.29, 0.717) is 5.92 Å². The van der Waals surface area contributed by atoms with Crippen LogP contribution in [0.3, 0.4) is 0 Å². The molecule has 0 spiro atoms. The summed E-state index contributed by atoms with van der Waals surface area (Å²) in [5.74, 6) is 0.419. The number of rotatable bonds is 6. The number of anilines is 1. The molecule has 0 radical (unpaired) electrons. The zero-order valence-corrected chi connectivity index (χ0v) is 13.2. The number of hydrogen-bond acceptors (Lipinski definition) is 3. The highest BCUT2D eigenvalue weighted by Gasteiger charge is 2.24. The second-order valence-electron chi connectivity index (χ2n) is 5.86. The van der Waals surface area contributed by atoms with Crippen molar-refractivity contribution in [1.29, 1.82) is 0 Å². The summed E-state index contributed by atoms with van der Waals surface area (Å²) in [6, 6.07) is 6.11. The van der Waals surface area contributed by atoms with Gasteiger partial charge in [-0.1, -0.05) is 18.6 Å². The van der Waals surface area contributed by atoms with Crippen molar-refractivity contribution in [1.82, 2.24) is 5.32 Å². The first kappa shape index (κ1) is 15.8. The molecule has 116 valence electrons. The topological polar surface area (TPSA) is 50.4 Å². The van der Waals surface area contributed by atoms with E-state index in [4.69, 9.17) is 4.74 Å². The van der Waals surface area contributed by atoms with Gasteiger partial charge >= 0.3 is 0 Å². The minimum Gasteiger partial charge on any atom is -0.384 e. The minimum atomic E-state index is -0.00305. The molecule has 1 heterocycles. The fraction of sp³-hybridized carbons (Fsp3) is 0.588. The Bertz CT molecular complexity index is 482. The van der Waals surface area contributed by atoms with Crippen LogP contribution in [0, 0.1) is 12.8 Å². The van der Waals surface area contributed by atoms with Crippen LogP contribution in [0.4, 0.5) is 5.69 Å². The molecule has 0 aromatic heterocycles. The molecule has 2 unspecified atom stereocenters. The largest absolute Gasteiger partial charge is 0.384 e. The number of amides is 1. The predicted molar refractivity (Wildman–Crippen MR) is 85.8 cm³/mol. The van der Waals surface area contributed by atoms with Gasteiger partial charge < -0.3 is 15.4 Å². The molecule has 0 bridgehead atoms. The molecular formula is C17H26N2O2. The third-order valence-electron chi connectivity index (χ3n) is 4.02. The highest BCUT2D eigenvalue weighted by molar-refractivity contribution is 6.00. The number of ether oxygens (including phenoxy) is 1. The number of carbonyl (C=O) groups is 1. The van der Waals surface area contributed by atoms with E-state index < -0.39 is 0 Å². The summed E-state index contributed by atoms with van der Waals surface area (Å²) in [5.41, 5.74) is 2.74. The summed E-state index contributed by atoms with van der Waals surface area (Å²) in [6.45, 7) is 8.61. The van der Waals surface area contributed by atoms with Gasteiger partial charge in [-0.2, -0.15) is 0 Å². The summed E-state index contributed by atoms with van der Waals surface area (Å²) in [6.07, 6.45) is 2.06. The van der Waals surface area contributed by atoms with Crippen LogP contribution in [-0.4, -0.2) is 31.7 Å². The van der Waals surface area contributed by atoms with Gasteiger partial charge in [0, 0.05) is 30.8 Å². The Labute approximate surface area is 127 Å². The molecule has 1 amide bonds. The molecule has 2 atom stereocenters. The van der Waals surface area contributed by atoms with Crippen molar-refractivity contribution in [3.8, 4) is 0 Å². The van der Waals surface area contributed by atoms with Crippen LogP contribution in [0.25, 0.3) is 0 Å². The lowest BCUT2D eigenvalue weighted by Gasteiger charge is -2.20. The standard InChI is InChI=1S/C17H26N2O2/c1-4-8-18-16-6-5-12(2)10-15(16)17(20)19-13(3)14-7-9-21-11-14/h5-6,10,13-14,18H,4,7-9,11H2,1-3H3,(H,19,20). The molecule has 4 heteroatoms. The van der Waals surface area contributed by atoms with Gasteiger partial charge in [0.05, 0.1) is 12.2 Å². The fourth-order valence-electron chi connectivity index (χ4n) is 2.61. The van der Waals surface area contributed by atoms with Crippen molar-refractivity contribution in [3.05, 3.63) is 29.3 Å². The highest BCUT2D eigenvalue weighted by atomic mass is 16.5. The number of carbonyl (C=O) groups excluding carboxylic acids is 1. The zero-order valence-electron chi connectivity index (χ0n) is 13.2. The van der Waals surface area contributed by atoms with Crippen LogP contribution in [-0.2, 0) is 4.74 Å². The quantitative estimate of drug-likeness (QED) is 0.847. The molecular weight excluding hydrogens is 264 g/mol. The van der Waals surface area contributed by atoms with E-state index in [-0.39, 0.29) is 11.9 Å². The Balaban J connectivity index is 2.07. The van der Waals surface area contributed by atoms with Crippen molar-refractivity contribution < 1.29 is 9.53 Å². The molecule has 2 N–H and O–H groups in total. The first-order valence-electron chi connectivity index (χ1n) is 7.85. The van der Waals surface area contributed by atoms with Gasteiger partial charge in [-0.3, -0.25) is 4.79 Å². The minimum absolute atomic E-state index is 0.00305. The molecule has 0 aliphatic carbocycles. The zero-order chi connectivity index (χ0) is 15.2. The molecule has 0 saturated carbocycles. The molecule has 1 aliphatic rings. The lowest BCUT2D eigenvalue weighted by molar-refractivity contribution is 0.0923. The smallest absolute Gasteiger partial charge is 0.253 e. The summed E-state index contributed by atoms with van der Waals surface area (Å²) in [4.78, 5) is 12.6. The monoisotopic (exact) mass is 290 g/mol. The Morgan fingerprint density at radius 3 is 2.95 bits per heavy atom. The Morgan fingerprint density at radius 2 is 2.29 bits per heavy atom. The van der Waals surface area contributed by atoms with Crippen LogP contribution >= 0.6 is 0 Å². The normalized spacial score (nSPS) is 19.3. The van der Waals surface area contributed by atoms with Crippen molar-refractivity contribution in [2.75, 3.05) is 25.1 Å². The lowest BCUT2D eigenvalue weighted by atomic mass is 10.00. The molecule has 1 fully saturated rings. The van der Waals surface area contributed by atoms with E-state index in [9.17, 15) is 4.79 Å².